The van der Waals surface area contributed by atoms with Gasteiger partial charge in [0.15, 0.2) is 0 Å². The fraction of sp³-hybridized carbons (Fsp3) is 0.714. The van der Waals surface area contributed by atoms with Gasteiger partial charge in [-0.3, -0.25) is 0 Å². The fourth-order valence-electron chi connectivity index (χ4n) is 4.12. The Morgan fingerprint density at radius 1 is 0.750 bits per heavy atom. The van der Waals surface area contributed by atoms with Crippen molar-refractivity contribution in [1.29, 1.82) is 0 Å². The summed E-state index contributed by atoms with van der Waals surface area (Å²) >= 11 is 0. The number of rotatable bonds is 19. The van der Waals surface area contributed by atoms with Crippen molar-refractivity contribution in [3.8, 4) is 0 Å². The first-order chi connectivity index (χ1) is 15.5. The molecule has 182 valence electrons. The molecule has 0 aliphatic heterocycles. The Labute approximate surface area is 196 Å². The van der Waals surface area contributed by atoms with Gasteiger partial charge in [0.25, 0.3) is 0 Å². The summed E-state index contributed by atoms with van der Waals surface area (Å²) in [5, 5.41) is 9.29. The van der Waals surface area contributed by atoms with E-state index in [1.165, 1.54) is 89.2 Å². The molecule has 1 aromatic carbocycles. The van der Waals surface area contributed by atoms with Crippen molar-refractivity contribution in [3.63, 3.8) is 0 Å². The predicted molar refractivity (Wildman–Crippen MR) is 132 cm³/mol. The molecule has 0 saturated heterocycles. The first-order valence-corrected chi connectivity index (χ1v) is 13.0. The van der Waals surface area contributed by atoms with Crippen LogP contribution in [0.3, 0.4) is 0 Å². The number of carbonyl (C=O) groups excluding carboxylic acids is 1. The second-order valence-corrected chi connectivity index (χ2v) is 9.42. The Kier molecular flexibility index (Phi) is 15.6. The number of esters is 1. The zero-order valence-corrected chi connectivity index (χ0v) is 20.7. The molecule has 1 rings (SSSR count). The number of hydrogen-bond donors (Lipinski definition) is 1. The van der Waals surface area contributed by atoms with Gasteiger partial charge in [-0.15, -0.1) is 0 Å². The van der Waals surface area contributed by atoms with Crippen molar-refractivity contribution in [2.24, 2.45) is 5.92 Å². The monoisotopic (exact) mass is 446 g/mol. The Morgan fingerprint density at radius 2 is 1.19 bits per heavy atom. The van der Waals surface area contributed by atoms with Gasteiger partial charge in [-0.25, -0.2) is 9.59 Å². The zero-order chi connectivity index (χ0) is 23.6. The highest BCUT2D eigenvalue weighted by Crippen LogP contribution is 2.20. The molecule has 0 aliphatic rings. The van der Waals surface area contributed by atoms with Crippen molar-refractivity contribution in [1.82, 2.24) is 0 Å². The summed E-state index contributed by atoms with van der Waals surface area (Å²) in [4.78, 5) is 23.9. The number of carbonyl (C=O) groups is 2. The number of ether oxygens (including phenoxy) is 1. The smallest absolute Gasteiger partial charge is 0.339 e. The van der Waals surface area contributed by atoms with Crippen LogP contribution >= 0.6 is 0 Å². The Balaban J connectivity index is 2.16. The minimum atomic E-state index is -1.11. The summed E-state index contributed by atoms with van der Waals surface area (Å²) in [5.74, 6) is -1.43. The molecule has 0 spiro atoms. The van der Waals surface area contributed by atoms with E-state index in [-0.39, 0.29) is 23.1 Å². The van der Waals surface area contributed by atoms with Crippen LogP contribution in [-0.2, 0) is 4.74 Å². The summed E-state index contributed by atoms with van der Waals surface area (Å²) in [6, 6.07) is 6.25. The summed E-state index contributed by atoms with van der Waals surface area (Å²) in [7, 11) is 0. The topological polar surface area (TPSA) is 63.6 Å². The molecule has 1 aromatic rings. The minimum Gasteiger partial charge on any atom is -0.478 e. The molecule has 0 bridgehead atoms. The normalized spacial score (nSPS) is 12.1. The van der Waals surface area contributed by atoms with Crippen molar-refractivity contribution in [2.75, 3.05) is 0 Å². The van der Waals surface area contributed by atoms with Crippen LogP contribution in [0.5, 0.6) is 0 Å². The van der Waals surface area contributed by atoms with Crippen molar-refractivity contribution < 1.29 is 19.4 Å². The Morgan fingerprint density at radius 3 is 1.62 bits per heavy atom. The lowest BCUT2D eigenvalue weighted by atomic mass is 9.99. The number of carboxylic acid groups (broad SMARTS) is 1. The molecule has 0 aromatic heterocycles. The maximum absolute atomic E-state index is 12.5. The molecule has 0 heterocycles. The quantitative estimate of drug-likeness (QED) is 0.171. The molecule has 0 amide bonds. The molecular weight excluding hydrogens is 400 g/mol. The van der Waals surface area contributed by atoms with Gasteiger partial charge in [-0.1, -0.05) is 116 Å². The third-order valence-electron chi connectivity index (χ3n) is 6.22. The molecule has 0 fully saturated rings. The number of aromatic carboxylic acids is 1. The Hall–Kier alpha value is -1.84. The lowest BCUT2D eigenvalue weighted by Gasteiger charge is -2.22. The standard InChI is InChI=1S/C28H46O4/c1-4-5-6-7-8-9-10-11-12-13-14-15-16-17-22-26(23(2)3)32-28(31)25-21-19-18-20-24(25)27(29)30/h18-21,23,26H,4-17,22H2,1-3H3,(H,29,30). The van der Waals surface area contributed by atoms with Crippen LogP contribution in [0.25, 0.3) is 0 Å². The van der Waals surface area contributed by atoms with Crippen LogP contribution in [0.1, 0.15) is 138 Å². The molecular formula is C28H46O4. The summed E-state index contributed by atoms with van der Waals surface area (Å²) in [6.45, 7) is 6.36. The Bertz CT molecular complexity index is 638. The van der Waals surface area contributed by atoms with Gasteiger partial charge in [0.2, 0.25) is 0 Å². The first-order valence-electron chi connectivity index (χ1n) is 13.0. The average molecular weight is 447 g/mol. The lowest BCUT2D eigenvalue weighted by Crippen LogP contribution is -2.24. The van der Waals surface area contributed by atoms with Gasteiger partial charge in [0.05, 0.1) is 11.1 Å². The van der Waals surface area contributed by atoms with Gasteiger partial charge in [-0.05, 0) is 30.9 Å². The molecule has 4 heteroatoms. The average Bonchev–Trinajstić information content (AvgIpc) is 2.78. The number of benzene rings is 1. The summed E-state index contributed by atoms with van der Waals surface area (Å²) in [6.07, 6.45) is 19.1. The molecule has 32 heavy (non-hydrogen) atoms. The molecule has 1 unspecified atom stereocenters. The van der Waals surface area contributed by atoms with E-state index < -0.39 is 11.9 Å². The van der Waals surface area contributed by atoms with E-state index in [0.29, 0.717) is 0 Å². The van der Waals surface area contributed by atoms with Crippen molar-refractivity contribution >= 4 is 11.9 Å². The second-order valence-electron chi connectivity index (χ2n) is 9.42. The molecule has 0 aliphatic carbocycles. The van der Waals surface area contributed by atoms with Crippen LogP contribution < -0.4 is 0 Å². The van der Waals surface area contributed by atoms with E-state index >= 15 is 0 Å². The van der Waals surface area contributed by atoms with E-state index in [1.807, 2.05) is 13.8 Å². The van der Waals surface area contributed by atoms with Crippen LogP contribution in [0.15, 0.2) is 24.3 Å². The van der Waals surface area contributed by atoms with Crippen LogP contribution in [0.2, 0.25) is 0 Å². The molecule has 0 radical (unpaired) electrons. The highest BCUT2D eigenvalue weighted by molar-refractivity contribution is 6.02. The van der Waals surface area contributed by atoms with Crippen molar-refractivity contribution in [2.45, 2.75) is 123 Å². The van der Waals surface area contributed by atoms with E-state index in [9.17, 15) is 14.7 Å². The zero-order valence-electron chi connectivity index (χ0n) is 20.7. The van der Waals surface area contributed by atoms with E-state index in [0.717, 1.165) is 19.3 Å². The third kappa shape index (κ3) is 12.3. The second kappa shape index (κ2) is 17.7. The minimum absolute atomic E-state index is 0.00324. The van der Waals surface area contributed by atoms with E-state index in [1.54, 1.807) is 12.1 Å². The van der Waals surface area contributed by atoms with Gasteiger partial charge in [-0.2, -0.15) is 0 Å². The molecule has 1 atom stereocenters. The highest BCUT2D eigenvalue weighted by atomic mass is 16.5. The highest BCUT2D eigenvalue weighted by Gasteiger charge is 2.22. The van der Waals surface area contributed by atoms with Gasteiger partial charge in [0.1, 0.15) is 6.10 Å². The maximum atomic E-state index is 12.5. The maximum Gasteiger partial charge on any atom is 0.339 e. The predicted octanol–water partition coefficient (Wildman–Crippen LogP) is 8.44. The van der Waals surface area contributed by atoms with Crippen molar-refractivity contribution in [3.05, 3.63) is 35.4 Å². The fourth-order valence-corrected chi connectivity index (χ4v) is 4.12. The number of carboxylic acids is 1. The largest absolute Gasteiger partial charge is 0.478 e. The third-order valence-corrected chi connectivity index (χ3v) is 6.22. The number of unbranched alkanes of at least 4 members (excludes halogenated alkanes) is 13. The number of hydrogen-bond acceptors (Lipinski definition) is 3. The van der Waals surface area contributed by atoms with Gasteiger partial charge < -0.3 is 9.84 Å². The van der Waals surface area contributed by atoms with Gasteiger partial charge in [0, 0.05) is 0 Å². The van der Waals surface area contributed by atoms with Crippen LogP contribution in [0, 0.1) is 5.92 Å². The first kappa shape index (κ1) is 28.2. The molecule has 4 nitrogen and oxygen atoms in total. The van der Waals surface area contributed by atoms with Crippen LogP contribution in [0.4, 0.5) is 0 Å². The van der Waals surface area contributed by atoms with Crippen LogP contribution in [-0.4, -0.2) is 23.1 Å². The van der Waals surface area contributed by atoms with E-state index in [2.05, 4.69) is 6.92 Å². The summed E-state index contributed by atoms with van der Waals surface area (Å²) in [5.41, 5.74) is 0.128. The molecule has 1 N–H and O–H groups in total. The van der Waals surface area contributed by atoms with Gasteiger partial charge >= 0.3 is 11.9 Å². The SMILES string of the molecule is CCCCCCCCCCCCCCCCC(OC(=O)c1ccccc1C(=O)O)C(C)C. The molecule has 0 saturated carbocycles. The lowest BCUT2D eigenvalue weighted by molar-refractivity contribution is 0.0147. The van der Waals surface area contributed by atoms with E-state index in [4.69, 9.17) is 4.74 Å². The summed E-state index contributed by atoms with van der Waals surface area (Å²) < 4.78 is 5.70.